The molecule has 0 spiro atoms. The second kappa shape index (κ2) is 6.96. The van der Waals surface area contributed by atoms with Gasteiger partial charge in [0, 0.05) is 18.9 Å². The highest BCUT2D eigenvalue weighted by Gasteiger charge is 2.33. The maximum absolute atomic E-state index is 13.1. The zero-order valence-electron chi connectivity index (χ0n) is 14.5. The second-order valence-corrected chi connectivity index (χ2v) is 6.22. The molecule has 1 aromatic heterocycles. The summed E-state index contributed by atoms with van der Waals surface area (Å²) >= 11 is 0. The van der Waals surface area contributed by atoms with Crippen LogP contribution in [-0.4, -0.2) is 34.4 Å². The Morgan fingerprint density at radius 1 is 1.15 bits per heavy atom. The van der Waals surface area contributed by atoms with E-state index in [1.54, 1.807) is 19.5 Å². The number of nitrogens with zero attached hydrogens (tertiary/aromatic N) is 3. The van der Waals surface area contributed by atoms with Gasteiger partial charge in [0.1, 0.15) is 11.4 Å². The summed E-state index contributed by atoms with van der Waals surface area (Å²) in [5, 5.41) is 0. The van der Waals surface area contributed by atoms with Crippen molar-refractivity contribution in [1.82, 2.24) is 14.9 Å². The van der Waals surface area contributed by atoms with Gasteiger partial charge in [-0.3, -0.25) is 9.78 Å². The van der Waals surface area contributed by atoms with Gasteiger partial charge in [-0.25, -0.2) is 4.98 Å². The standard InChI is InChI=1S/C21H19N3O2/c1-26-17-7-4-6-16(13-17)20-18-8-3-2-5-15(18)9-12-24(20)21(25)19-14-22-10-11-23-19/h2-8,10-11,13-14,20H,9,12H2,1H3. The van der Waals surface area contributed by atoms with E-state index in [1.165, 1.54) is 11.8 Å². The van der Waals surface area contributed by atoms with Crippen LogP contribution in [0.2, 0.25) is 0 Å². The summed E-state index contributed by atoms with van der Waals surface area (Å²) in [7, 11) is 1.65. The molecule has 3 aromatic rings. The van der Waals surface area contributed by atoms with Crippen LogP contribution in [0.15, 0.2) is 67.1 Å². The number of aromatic nitrogens is 2. The summed E-state index contributed by atoms with van der Waals surface area (Å²) in [6.07, 6.45) is 5.46. The number of hydrogen-bond donors (Lipinski definition) is 0. The van der Waals surface area contributed by atoms with Crippen molar-refractivity contribution in [2.45, 2.75) is 12.5 Å². The van der Waals surface area contributed by atoms with Gasteiger partial charge in [-0.05, 0) is 35.2 Å². The Bertz CT molecular complexity index is 927. The monoisotopic (exact) mass is 345 g/mol. The zero-order valence-corrected chi connectivity index (χ0v) is 14.5. The molecule has 5 heteroatoms. The van der Waals surface area contributed by atoms with Gasteiger partial charge < -0.3 is 9.64 Å². The average molecular weight is 345 g/mol. The number of benzene rings is 2. The van der Waals surface area contributed by atoms with E-state index in [0.717, 1.165) is 23.3 Å². The number of methoxy groups -OCH3 is 1. The molecule has 2 heterocycles. The van der Waals surface area contributed by atoms with E-state index < -0.39 is 0 Å². The van der Waals surface area contributed by atoms with Crippen LogP contribution in [0.4, 0.5) is 0 Å². The Morgan fingerprint density at radius 3 is 2.85 bits per heavy atom. The van der Waals surface area contributed by atoms with Crippen molar-refractivity contribution in [3.63, 3.8) is 0 Å². The largest absolute Gasteiger partial charge is 0.497 e. The fraction of sp³-hybridized carbons (Fsp3) is 0.190. The first-order valence-electron chi connectivity index (χ1n) is 8.56. The maximum Gasteiger partial charge on any atom is 0.274 e. The summed E-state index contributed by atoms with van der Waals surface area (Å²) in [4.78, 5) is 23.2. The summed E-state index contributed by atoms with van der Waals surface area (Å²) < 4.78 is 5.39. The van der Waals surface area contributed by atoms with Crippen LogP contribution in [0.3, 0.4) is 0 Å². The lowest BCUT2D eigenvalue weighted by Crippen LogP contribution is -2.41. The Balaban J connectivity index is 1.81. The number of amides is 1. The quantitative estimate of drug-likeness (QED) is 0.731. The van der Waals surface area contributed by atoms with Gasteiger partial charge in [-0.2, -0.15) is 0 Å². The fourth-order valence-electron chi connectivity index (χ4n) is 3.51. The molecule has 1 unspecified atom stereocenters. The highest BCUT2D eigenvalue weighted by atomic mass is 16.5. The lowest BCUT2D eigenvalue weighted by molar-refractivity contribution is 0.0688. The third-order valence-corrected chi connectivity index (χ3v) is 4.74. The summed E-state index contributed by atoms with van der Waals surface area (Å²) in [5.74, 6) is 0.665. The number of rotatable bonds is 3. The summed E-state index contributed by atoms with van der Waals surface area (Å²) in [6.45, 7) is 0.633. The Hall–Kier alpha value is -3.21. The fourth-order valence-corrected chi connectivity index (χ4v) is 3.51. The van der Waals surface area contributed by atoms with Crippen molar-refractivity contribution in [1.29, 1.82) is 0 Å². The van der Waals surface area contributed by atoms with E-state index in [-0.39, 0.29) is 11.9 Å². The van der Waals surface area contributed by atoms with Crippen molar-refractivity contribution >= 4 is 5.91 Å². The molecule has 4 rings (SSSR count). The van der Waals surface area contributed by atoms with E-state index in [0.29, 0.717) is 12.2 Å². The van der Waals surface area contributed by atoms with Crippen LogP contribution < -0.4 is 4.74 Å². The molecular weight excluding hydrogens is 326 g/mol. The molecule has 0 N–H and O–H groups in total. The number of fused-ring (bicyclic) bond motifs is 1. The van der Waals surface area contributed by atoms with E-state index in [2.05, 4.69) is 22.1 Å². The molecule has 1 atom stereocenters. The Kier molecular flexibility index (Phi) is 4.35. The van der Waals surface area contributed by atoms with Gasteiger partial charge in [-0.1, -0.05) is 36.4 Å². The number of carbonyl (C=O) groups excluding carboxylic acids is 1. The van der Waals surface area contributed by atoms with Gasteiger partial charge in [0.25, 0.3) is 5.91 Å². The summed E-state index contributed by atoms with van der Waals surface area (Å²) in [5.41, 5.74) is 3.79. The molecule has 1 amide bonds. The van der Waals surface area contributed by atoms with Crippen molar-refractivity contribution in [3.05, 3.63) is 89.5 Å². The van der Waals surface area contributed by atoms with Gasteiger partial charge in [0.05, 0.1) is 19.3 Å². The molecule has 1 aliphatic heterocycles. The van der Waals surface area contributed by atoms with Crippen molar-refractivity contribution in [2.75, 3.05) is 13.7 Å². The zero-order chi connectivity index (χ0) is 17.9. The van der Waals surface area contributed by atoms with Gasteiger partial charge >= 0.3 is 0 Å². The van der Waals surface area contributed by atoms with Crippen molar-refractivity contribution in [2.24, 2.45) is 0 Å². The molecule has 0 saturated heterocycles. The smallest absolute Gasteiger partial charge is 0.274 e. The lowest BCUT2D eigenvalue weighted by Gasteiger charge is -2.37. The highest BCUT2D eigenvalue weighted by Crippen LogP contribution is 2.36. The highest BCUT2D eigenvalue weighted by molar-refractivity contribution is 5.92. The Morgan fingerprint density at radius 2 is 2.04 bits per heavy atom. The predicted molar refractivity (Wildman–Crippen MR) is 98.1 cm³/mol. The van der Waals surface area contributed by atoms with Crippen LogP contribution in [0, 0.1) is 0 Å². The van der Waals surface area contributed by atoms with Crippen LogP contribution in [0.5, 0.6) is 5.75 Å². The van der Waals surface area contributed by atoms with Crippen LogP contribution in [0.1, 0.15) is 33.2 Å². The summed E-state index contributed by atoms with van der Waals surface area (Å²) in [6, 6.07) is 16.0. The molecule has 130 valence electrons. The molecule has 0 fully saturated rings. The molecule has 0 saturated carbocycles. The molecular formula is C21H19N3O2. The van der Waals surface area contributed by atoms with Gasteiger partial charge in [0.2, 0.25) is 0 Å². The number of carbonyl (C=O) groups is 1. The molecule has 0 aliphatic carbocycles. The second-order valence-electron chi connectivity index (χ2n) is 6.22. The number of ether oxygens (including phenoxy) is 1. The molecule has 0 radical (unpaired) electrons. The molecule has 5 nitrogen and oxygen atoms in total. The van der Waals surface area contributed by atoms with E-state index in [4.69, 9.17) is 4.74 Å². The Labute approximate surface area is 152 Å². The predicted octanol–water partition coefficient (Wildman–Crippen LogP) is 3.27. The van der Waals surface area contributed by atoms with Crippen molar-refractivity contribution < 1.29 is 9.53 Å². The van der Waals surface area contributed by atoms with Crippen LogP contribution in [-0.2, 0) is 6.42 Å². The van der Waals surface area contributed by atoms with E-state index >= 15 is 0 Å². The molecule has 26 heavy (non-hydrogen) atoms. The van der Waals surface area contributed by atoms with Crippen LogP contribution >= 0.6 is 0 Å². The first-order valence-corrected chi connectivity index (χ1v) is 8.56. The molecule has 2 aromatic carbocycles. The van der Waals surface area contributed by atoms with Crippen LogP contribution in [0.25, 0.3) is 0 Å². The van der Waals surface area contributed by atoms with E-state index in [1.807, 2.05) is 41.3 Å². The third-order valence-electron chi connectivity index (χ3n) is 4.74. The molecule has 1 aliphatic rings. The third kappa shape index (κ3) is 2.92. The van der Waals surface area contributed by atoms with Gasteiger partial charge in [0.15, 0.2) is 0 Å². The number of hydrogen-bond acceptors (Lipinski definition) is 4. The normalized spacial score (nSPS) is 16.0. The van der Waals surface area contributed by atoms with E-state index in [9.17, 15) is 4.79 Å². The topological polar surface area (TPSA) is 55.3 Å². The van der Waals surface area contributed by atoms with Crippen molar-refractivity contribution in [3.8, 4) is 5.75 Å². The average Bonchev–Trinajstić information content (AvgIpc) is 2.73. The SMILES string of the molecule is COc1cccc(C2c3ccccc3CCN2C(=O)c2cnccn2)c1. The lowest BCUT2D eigenvalue weighted by atomic mass is 9.88. The first-order chi connectivity index (χ1) is 12.8. The van der Waals surface area contributed by atoms with Gasteiger partial charge in [-0.15, -0.1) is 0 Å². The maximum atomic E-state index is 13.1. The molecule has 0 bridgehead atoms. The minimum absolute atomic E-state index is 0.111. The minimum Gasteiger partial charge on any atom is -0.497 e. The minimum atomic E-state index is -0.176. The first kappa shape index (κ1) is 16.3.